The van der Waals surface area contributed by atoms with E-state index in [1.807, 2.05) is 0 Å². The summed E-state index contributed by atoms with van der Waals surface area (Å²) >= 11 is 4.95. The summed E-state index contributed by atoms with van der Waals surface area (Å²) in [6.07, 6.45) is -6.51. The Kier molecular flexibility index (Phi) is 3.87. The number of rotatable bonds is 2. The maximum atomic E-state index is 9.23. The molecule has 0 aromatic rings. The molecule has 5 atom stereocenters. The van der Waals surface area contributed by atoms with Gasteiger partial charge in [-0.2, -0.15) is 0 Å². The summed E-state index contributed by atoms with van der Waals surface area (Å²) < 4.78 is 8.99. The Morgan fingerprint density at radius 2 is 1.77 bits per heavy atom. The van der Waals surface area contributed by atoms with E-state index in [9.17, 15) is 15.3 Å². The lowest BCUT2D eigenvalue weighted by Crippen LogP contribution is -2.58. The van der Waals surface area contributed by atoms with E-state index in [4.69, 9.17) is 21.7 Å². The smallest absolute Gasteiger partial charge is 0.206 e. The van der Waals surface area contributed by atoms with Crippen molar-refractivity contribution in [2.24, 2.45) is 0 Å². The summed E-state index contributed by atoms with van der Waals surface area (Å²) in [5.41, 5.74) is 0. The van der Waals surface area contributed by atoms with Gasteiger partial charge in [-0.3, -0.25) is 0 Å². The van der Waals surface area contributed by atoms with Crippen molar-refractivity contribution in [2.45, 2.75) is 30.7 Å². The second-order valence-electron chi connectivity index (χ2n) is 2.79. The van der Waals surface area contributed by atoms with Gasteiger partial charge in [0.1, 0.15) is 24.4 Å². The highest BCUT2D eigenvalue weighted by Gasteiger charge is 2.44. The zero-order valence-electron chi connectivity index (χ0n) is 6.58. The van der Waals surface area contributed by atoms with Crippen LogP contribution < -0.4 is 0 Å². The fourth-order valence-corrected chi connectivity index (χ4v) is 1.29. The number of aliphatic hydroxyl groups excluding tert-OH is 4. The maximum Gasteiger partial charge on any atom is 0.206 e. The van der Waals surface area contributed by atoms with Gasteiger partial charge < -0.3 is 25.2 Å². The summed E-state index contributed by atoms with van der Waals surface area (Å²) in [4.78, 5) is 0. The van der Waals surface area contributed by atoms with Crippen LogP contribution in [0.4, 0.5) is 0 Å². The first-order valence-corrected chi connectivity index (χ1v) is 4.00. The van der Waals surface area contributed by atoms with Gasteiger partial charge in [-0.05, 0) is 0 Å². The van der Waals surface area contributed by atoms with E-state index in [2.05, 4.69) is 4.29 Å². The van der Waals surface area contributed by atoms with E-state index in [-0.39, 0.29) is 0 Å². The Morgan fingerprint density at radius 3 is 2.23 bits per heavy atom. The van der Waals surface area contributed by atoms with E-state index in [0.29, 0.717) is 0 Å². The van der Waals surface area contributed by atoms with Crippen LogP contribution in [0, 0.1) is 0 Å². The third-order valence-electron chi connectivity index (χ3n) is 1.94. The molecule has 0 saturated carbocycles. The first kappa shape index (κ1) is 11.1. The molecule has 13 heavy (non-hydrogen) atoms. The molecule has 78 valence electrons. The van der Waals surface area contributed by atoms with Crippen molar-refractivity contribution < 1.29 is 29.5 Å². The molecule has 0 radical (unpaired) electrons. The van der Waals surface area contributed by atoms with Crippen molar-refractivity contribution in [1.82, 2.24) is 0 Å². The van der Waals surface area contributed by atoms with E-state index in [0.717, 1.165) is 0 Å². The molecule has 4 N–H and O–H groups in total. The van der Waals surface area contributed by atoms with Crippen LogP contribution in [0.1, 0.15) is 0 Å². The predicted octanol–water partition coefficient (Wildman–Crippen LogP) is -2.04. The molecule has 1 aliphatic heterocycles. The standard InChI is InChI=1S/C6H11ClO6/c7-13-6-5(11)4(10)3(9)2(1-8)12-6/h2-6,8-11H,1H2/t2-,3-,4+,5-,6-/m1/s1. The van der Waals surface area contributed by atoms with Crippen molar-refractivity contribution in [1.29, 1.82) is 0 Å². The predicted molar refractivity (Wildman–Crippen MR) is 40.7 cm³/mol. The van der Waals surface area contributed by atoms with Crippen molar-refractivity contribution in [2.75, 3.05) is 6.61 Å². The van der Waals surface area contributed by atoms with Gasteiger partial charge in [0.15, 0.2) is 0 Å². The zero-order chi connectivity index (χ0) is 10.0. The van der Waals surface area contributed by atoms with Gasteiger partial charge in [0, 0.05) is 0 Å². The van der Waals surface area contributed by atoms with Crippen LogP contribution in [0.2, 0.25) is 0 Å². The lowest BCUT2D eigenvalue weighted by molar-refractivity contribution is -0.276. The molecule has 1 heterocycles. The van der Waals surface area contributed by atoms with Gasteiger partial charge in [0.2, 0.25) is 6.29 Å². The Bertz CT molecular complexity index is 147. The lowest BCUT2D eigenvalue weighted by Gasteiger charge is -2.38. The highest BCUT2D eigenvalue weighted by molar-refractivity contribution is 6.07. The molecule has 6 nitrogen and oxygen atoms in total. The van der Waals surface area contributed by atoms with Gasteiger partial charge >= 0.3 is 0 Å². The van der Waals surface area contributed by atoms with Crippen LogP contribution in [0.5, 0.6) is 0 Å². The molecule has 0 unspecified atom stereocenters. The summed E-state index contributed by atoms with van der Waals surface area (Å²) in [5.74, 6) is 0. The first-order valence-electron chi connectivity index (χ1n) is 3.69. The van der Waals surface area contributed by atoms with Gasteiger partial charge in [-0.1, -0.05) is 0 Å². The van der Waals surface area contributed by atoms with Gasteiger partial charge in [0.25, 0.3) is 0 Å². The van der Waals surface area contributed by atoms with Crippen molar-refractivity contribution in [3.63, 3.8) is 0 Å². The molecule has 0 bridgehead atoms. The highest BCUT2D eigenvalue weighted by Crippen LogP contribution is 2.22. The van der Waals surface area contributed by atoms with E-state index in [1.54, 1.807) is 0 Å². The number of hydrogen-bond donors (Lipinski definition) is 4. The molecule has 0 spiro atoms. The quantitative estimate of drug-likeness (QED) is 0.423. The lowest BCUT2D eigenvalue weighted by atomic mass is 10.00. The van der Waals surface area contributed by atoms with Gasteiger partial charge in [-0.15, -0.1) is 0 Å². The van der Waals surface area contributed by atoms with Crippen molar-refractivity contribution in [3.8, 4) is 0 Å². The number of aliphatic hydroxyl groups is 4. The largest absolute Gasteiger partial charge is 0.394 e. The topological polar surface area (TPSA) is 99.4 Å². The fraction of sp³-hybridized carbons (Fsp3) is 1.00. The molecule has 1 fully saturated rings. The fourth-order valence-electron chi connectivity index (χ4n) is 1.14. The number of ether oxygens (including phenoxy) is 1. The summed E-state index contributed by atoms with van der Waals surface area (Å²) in [7, 11) is 0. The van der Waals surface area contributed by atoms with Crippen LogP contribution in [-0.2, 0) is 9.03 Å². The average Bonchev–Trinajstić information content (AvgIpc) is 2.15. The normalized spacial score (nSPS) is 46.4. The minimum absolute atomic E-state index is 0.498. The molecule has 1 aliphatic rings. The zero-order valence-corrected chi connectivity index (χ0v) is 7.33. The molecule has 0 aliphatic carbocycles. The molecule has 0 amide bonds. The summed E-state index contributed by atoms with van der Waals surface area (Å²) in [6, 6.07) is 0. The summed E-state index contributed by atoms with van der Waals surface area (Å²) in [5, 5.41) is 36.3. The minimum atomic E-state index is -1.45. The Balaban J connectivity index is 2.66. The van der Waals surface area contributed by atoms with Crippen LogP contribution in [-0.4, -0.2) is 57.7 Å². The van der Waals surface area contributed by atoms with Crippen LogP contribution in [0.3, 0.4) is 0 Å². The molecule has 7 heteroatoms. The number of halogens is 1. The molecular weight excluding hydrogens is 204 g/mol. The third-order valence-corrected chi connectivity index (χ3v) is 2.11. The van der Waals surface area contributed by atoms with Crippen LogP contribution in [0.15, 0.2) is 0 Å². The summed E-state index contributed by atoms with van der Waals surface area (Å²) in [6.45, 7) is -0.498. The highest BCUT2D eigenvalue weighted by atomic mass is 35.5. The Labute approximate surface area is 79.4 Å². The molecule has 1 rings (SSSR count). The first-order chi connectivity index (χ1) is 6.11. The van der Waals surface area contributed by atoms with E-state index in [1.165, 1.54) is 0 Å². The maximum absolute atomic E-state index is 9.23. The van der Waals surface area contributed by atoms with Crippen molar-refractivity contribution in [3.05, 3.63) is 0 Å². The van der Waals surface area contributed by atoms with Crippen LogP contribution in [0.25, 0.3) is 0 Å². The SMILES string of the molecule is OC[C@H]1O[C@H](OCl)[C@H](O)[C@@H](O)[C@@H]1O. The molecular formula is C6H11ClO6. The van der Waals surface area contributed by atoms with E-state index >= 15 is 0 Å². The van der Waals surface area contributed by atoms with Gasteiger partial charge in [0.05, 0.1) is 18.5 Å². The van der Waals surface area contributed by atoms with Crippen LogP contribution >= 0.6 is 11.9 Å². The monoisotopic (exact) mass is 214 g/mol. The number of hydrogen-bond acceptors (Lipinski definition) is 6. The third kappa shape index (κ3) is 2.10. The Hall–Kier alpha value is 0.0500. The van der Waals surface area contributed by atoms with Gasteiger partial charge in [-0.25, -0.2) is 4.29 Å². The minimum Gasteiger partial charge on any atom is -0.394 e. The molecule has 0 aromatic carbocycles. The average molecular weight is 215 g/mol. The second-order valence-corrected chi connectivity index (χ2v) is 2.96. The van der Waals surface area contributed by atoms with E-state index < -0.39 is 37.3 Å². The van der Waals surface area contributed by atoms with Crippen molar-refractivity contribution >= 4 is 11.9 Å². The second kappa shape index (κ2) is 4.52. The molecule has 0 aromatic heterocycles. The Morgan fingerprint density at radius 1 is 1.15 bits per heavy atom. The molecule has 1 saturated heterocycles.